The number of imidazole rings is 6. The average Bonchev–Trinajstić information content (AvgIpc) is 4.41. The van der Waals surface area contributed by atoms with Crippen molar-refractivity contribution in [3.05, 3.63) is 267 Å². The van der Waals surface area contributed by atoms with Gasteiger partial charge in [-0.05, 0) is 151 Å². The third-order valence-electron chi connectivity index (χ3n) is 15.7. The fourth-order valence-corrected chi connectivity index (χ4v) is 16.3. The van der Waals surface area contributed by atoms with Gasteiger partial charge in [0.15, 0.2) is 0 Å². The van der Waals surface area contributed by atoms with Crippen LogP contribution >= 0.6 is 10.0 Å². The third-order valence-corrected chi connectivity index (χ3v) is 19.6. The van der Waals surface area contributed by atoms with Gasteiger partial charge in [0.25, 0.3) is 0 Å². The van der Waals surface area contributed by atoms with E-state index >= 15 is 0 Å². The van der Waals surface area contributed by atoms with E-state index in [-0.39, 0.29) is 0 Å². The van der Waals surface area contributed by atoms with Gasteiger partial charge in [0.05, 0.1) is 71.9 Å². The second-order valence-corrected chi connectivity index (χ2v) is 23.1. The van der Waals surface area contributed by atoms with Crippen LogP contribution in [0.1, 0.15) is 0 Å². The van der Waals surface area contributed by atoms with Crippen molar-refractivity contribution in [1.29, 1.82) is 0 Å². The Kier molecular flexibility index (Phi) is 9.27. The van der Waals surface area contributed by atoms with Crippen molar-refractivity contribution in [2.75, 3.05) is 0 Å². The van der Waals surface area contributed by atoms with Crippen LogP contribution < -0.4 is 0 Å². The fraction of sp³-hybridized carbons (Fsp3) is 0. The highest BCUT2D eigenvalue weighted by Crippen LogP contribution is 2.73. The summed E-state index contributed by atoms with van der Waals surface area (Å²) in [4.78, 5) is 26.5. The molecule has 0 saturated heterocycles. The molecule has 0 fully saturated rings. The molecule has 0 bridgehead atoms. The quantitative estimate of drug-likeness (QED) is 0.152. The minimum absolute atomic E-state index is 0.737. The predicted molar refractivity (Wildman–Crippen MR) is 319 cm³/mol. The van der Waals surface area contributed by atoms with E-state index in [1.807, 2.05) is 12.1 Å². The molecule has 0 radical (unpaired) electrons. The number of para-hydroxylation sites is 12. The Hall–Kier alpha value is -10.5. The molecular weight excluding hydrogens is 989 g/mol. The van der Waals surface area contributed by atoms with Crippen LogP contribution in [0.5, 0.6) is 0 Å². The first-order valence-electron chi connectivity index (χ1n) is 26.5. The molecule has 0 spiro atoms. The Morgan fingerprint density at radius 3 is 1.06 bits per heavy atom. The molecule has 372 valence electrons. The first-order chi connectivity index (χ1) is 39.2. The maximum atomic E-state index is 5.71. The van der Waals surface area contributed by atoms with Gasteiger partial charge < -0.3 is 0 Å². The summed E-state index contributed by atoms with van der Waals surface area (Å²) in [5.74, 6) is 3.92. The summed E-state index contributed by atoms with van der Waals surface area (Å²) in [6.07, 6.45) is 0. The molecule has 7 aromatic heterocycles. The number of hydrogen-bond donors (Lipinski definition) is 0. The Morgan fingerprint density at radius 1 is 0.241 bits per heavy atom. The zero-order chi connectivity index (χ0) is 51.8. The van der Waals surface area contributed by atoms with E-state index in [9.17, 15) is 0 Å². The third kappa shape index (κ3) is 6.24. The lowest BCUT2D eigenvalue weighted by molar-refractivity contribution is 0.983. The summed E-state index contributed by atoms with van der Waals surface area (Å²) in [6.45, 7) is 0. The number of pyridine rings is 1. The molecule has 0 aliphatic carbocycles. The van der Waals surface area contributed by atoms with E-state index in [4.69, 9.17) is 19.9 Å². The lowest BCUT2D eigenvalue weighted by Gasteiger charge is -2.42. The van der Waals surface area contributed by atoms with Crippen LogP contribution in [0.15, 0.2) is 287 Å². The van der Waals surface area contributed by atoms with E-state index < -0.39 is 10.0 Å². The zero-order valence-electron chi connectivity index (χ0n) is 42.3. The molecule has 0 unspecified atom stereocenters. The van der Waals surface area contributed by atoms with Crippen LogP contribution in [0.25, 0.3) is 112 Å². The van der Waals surface area contributed by atoms with E-state index in [0.717, 1.165) is 112 Å². The zero-order valence-corrected chi connectivity index (χ0v) is 43.1. The monoisotopic (exact) mass is 1030 g/mol. The summed E-state index contributed by atoms with van der Waals surface area (Å²) in [5.41, 5.74) is 15.3. The molecule has 79 heavy (non-hydrogen) atoms. The first kappa shape index (κ1) is 43.7. The molecule has 10 nitrogen and oxygen atoms in total. The van der Waals surface area contributed by atoms with Crippen molar-refractivity contribution >= 4 is 93.6 Å². The summed E-state index contributed by atoms with van der Waals surface area (Å²) in [7, 11) is -2.23. The predicted octanol–water partition coefficient (Wildman–Crippen LogP) is 16.3. The second kappa shape index (κ2) is 16.8. The maximum Gasteiger partial charge on any atom is 0.221 e. The van der Waals surface area contributed by atoms with Gasteiger partial charge in [0, 0.05) is 19.6 Å². The summed E-state index contributed by atoms with van der Waals surface area (Å²) >= 11 is 0. The maximum absolute atomic E-state index is 5.71. The molecule has 0 aliphatic heterocycles. The van der Waals surface area contributed by atoms with Gasteiger partial charge in [-0.25, -0.2) is 19.9 Å². The highest BCUT2D eigenvalue weighted by molar-refractivity contribution is 8.34. The number of aromatic nitrogens is 10. The van der Waals surface area contributed by atoms with Gasteiger partial charge in [-0.2, -0.15) is 0 Å². The van der Waals surface area contributed by atoms with Crippen molar-refractivity contribution in [2.24, 2.45) is 0 Å². The standard InChI is InChI=1S/C68H44N10S/c1-3-23-48(24-4-1)79(49-25-5-2-6-26-49,51-28-20-22-47(44-51)73-58-35-13-14-36-59(58)74-55-32-10-7-29-52(55)69-66(73)74)50-27-19-21-45(41-50)46-42-64(77-62-39-17-15-37-60(62)75-56-33-11-8-30-53(56)70-67(75)77)72-65(43-46)78-63-40-18-16-38-61(63)76-57-34-12-9-31-54(57)71-68(76)78/h1-44H. The van der Waals surface area contributed by atoms with E-state index in [1.54, 1.807) is 0 Å². The van der Waals surface area contributed by atoms with Gasteiger partial charge in [-0.15, -0.1) is 10.0 Å². The van der Waals surface area contributed by atoms with Gasteiger partial charge in [-0.3, -0.25) is 26.9 Å². The SMILES string of the molecule is c1ccc(S(c2ccccc2)(c2cccc(-c3cc(-n4c5ccccc5n5c6ccccc6nc45)nc(-n4c5ccccc5n5c6ccccc6nc45)c3)c2)c2cccc(-n3c4ccccc4n4c5ccccc5nc34)c2)cc1. The first-order valence-corrected chi connectivity index (χ1v) is 28.1. The van der Waals surface area contributed by atoms with Crippen molar-refractivity contribution in [3.8, 4) is 28.5 Å². The van der Waals surface area contributed by atoms with Crippen LogP contribution in [0.4, 0.5) is 0 Å². The van der Waals surface area contributed by atoms with Crippen LogP contribution in [0.2, 0.25) is 0 Å². The van der Waals surface area contributed by atoms with E-state index in [2.05, 4.69) is 282 Å². The van der Waals surface area contributed by atoms with Crippen molar-refractivity contribution in [2.45, 2.75) is 19.6 Å². The molecule has 0 aliphatic rings. The van der Waals surface area contributed by atoms with Crippen LogP contribution in [0, 0.1) is 0 Å². The average molecular weight is 1030 g/mol. The largest absolute Gasteiger partial charge is 0.278 e. The molecule has 0 atom stereocenters. The van der Waals surface area contributed by atoms with E-state index in [0.29, 0.717) is 0 Å². The highest BCUT2D eigenvalue weighted by atomic mass is 32.3. The van der Waals surface area contributed by atoms with Gasteiger partial charge in [0.2, 0.25) is 17.3 Å². The molecule has 0 amide bonds. The van der Waals surface area contributed by atoms with Crippen LogP contribution in [-0.4, -0.2) is 46.8 Å². The second-order valence-electron chi connectivity index (χ2n) is 20.0. The Labute approximate surface area is 452 Å². The Bertz CT molecular complexity index is 5080. The molecule has 7 heterocycles. The highest BCUT2D eigenvalue weighted by Gasteiger charge is 2.35. The molecule has 17 rings (SSSR count). The lowest BCUT2D eigenvalue weighted by Crippen LogP contribution is -2.07. The van der Waals surface area contributed by atoms with Gasteiger partial charge in [-0.1, -0.05) is 127 Å². The summed E-state index contributed by atoms with van der Waals surface area (Å²) < 4.78 is 13.6. The number of hydrogen-bond acceptors (Lipinski definition) is 4. The van der Waals surface area contributed by atoms with Crippen LogP contribution in [-0.2, 0) is 0 Å². The smallest absolute Gasteiger partial charge is 0.221 e. The summed E-state index contributed by atoms with van der Waals surface area (Å²) in [6, 6.07) is 95.8. The summed E-state index contributed by atoms with van der Waals surface area (Å²) in [5, 5.41) is 0. The van der Waals surface area contributed by atoms with Crippen molar-refractivity contribution in [3.63, 3.8) is 0 Å². The minimum atomic E-state index is -2.23. The fourth-order valence-electron chi connectivity index (χ4n) is 12.4. The number of fused-ring (bicyclic) bond motifs is 15. The molecular formula is C68H44N10S. The van der Waals surface area contributed by atoms with Crippen molar-refractivity contribution in [1.82, 2.24) is 46.8 Å². The minimum Gasteiger partial charge on any atom is -0.278 e. The molecule has 0 N–H and O–H groups in total. The number of nitrogens with zero attached hydrogens (tertiary/aromatic N) is 10. The Balaban J connectivity index is 0.943. The number of benzene rings is 10. The van der Waals surface area contributed by atoms with Gasteiger partial charge >= 0.3 is 0 Å². The van der Waals surface area contributed by atoms with Crippen molar-refractivity contribution < 1.29 is 0 Å². The number of rotatable bonds is 8. The molecule has 0 saturated carbocycles. The van der Waals surface area contributed by atoms with E-state index in [1.165, 1.54) is 19.6 Å². The van der Waals surface area contributed by atoms with Gasteiger partial charge in [0.1, 0.15) is 11.6 Å². The molecule has 10 aromatic carbocycles. The molecule has 17 aromatic rings. The van der Waals surface area contributed by atoms with Crippen LogP contribution in [0.3, 0.4) is 0 Å². The molecule has 11 heteroatoms. The topological polar surface area (TPSA) is 79.6 Å². The normalized spacial score (nSPS) is 12.5. The Morgan fingerprint density at radius 2 is 0.595 bits per heavy atom. The lowest BCUT2D eigenvalue weighted by atomic mass is 10.1.